The van der Waals surface area contributed by atoms with E-state index < -0.39 is 0 Å². The van der Waals surface area contributed by atoms with Crippen molar-refractivity contribution in [3.63, 3.8) is 0 Å². The van der Waals surface area contributed by atoms with Gasteiger partial charge in [0.15, 0.2) is 0 Å². The third kappa shape index (κ3) is 2.02. The molecule has 0 aliphatic rings. The lowest BCUT2D eigenvalue weighted by atomic mass is 10.3. The second-order valence-corrected chi connectivity index (χ2v) is 4.51. The normalized spacial score (nSPS) is 10.8. The molecule has 0 aliphatic heterocycles. The van der Waals surface area contributed by atoms with Gasteiger partial charge in [-0.25, -0.2) is 9.97 Å². The van der Waals surface area contributed by atoms with Crippen LogP contribution in [0.15, 0.2) is 36.7 Å². The van der Waals surface area contributed by atoms with Crippen molar-refractivity contribution in [2.75, 3.05) is 5.32 Å². The molecule has 2 heterocycles. The number of H-pyrrole nitrogens is 1. The monoisotopic (exact) mass is 258 g/mol. The molecule has 5 heteroatoms. The van der Waals surface area contributed by atoms with Gasteiger partial charge in [-0.3, -0.25) is 0 Å². The summed E-state index contributed by atoms with van der Waals surface area (Å²) in [4.78, 5) is 11.6. The van der Waals surface area contributed by atoms with Gasteiger partial charge < -0.3 is 10.3 Å². The number of hydrogen-bond acceptors (Lipinski definition) is 3. The number of aromatic nitrogens is 3. The van der Waals surface area contributed by atoms with Crippen molar-refractivity contribution >= 4 is 34.1 Å². The van der Waals surface area contributed by atoms with Crippen LogP contribution in [0.1, 0.15) is 5.69 Å². The molecule has 0 aliphatic carbocycles. The van der Waals surface area contributed by atoms with Gasteiger partial charge in [-0.05, 0) is 37.3 Å². The highest BCUT2D eigenvalue weighted by molar-refractivity contribution is 6.30. The largest absolute Gasteiger partial charge is 0.343 e. The van der Waals surface area contributed by atoms with Crippen molar-refractivity contribution in [2.24, 2.45) is 0 Å². The number of nitrogens with one attached hydrogen (secondary N) is 2. The van der Waals surface area contributed by atoms with Crippen LogP contribution >= 0.6 is 11.6 Å². The van der Waals surface area contributed by atoms with E-state index >= 15 is 0 Å². The highest BCUT2D eigenvalue weighted by Gasteiger charge is 2.06. The first-order valence-corrected chi connectivity index (χ1v) is 5.93. The van der Waals surface area contributed by atoms with E-state index in [-0.39, 0.29) is 0 Å². The SMILES string of the molecule is Cc1cc2c(Nc3ccc(Cl)cc3)ncnc2[nH]1. The summed E-state index contributed by atoms with van der Waals surface area (Å²) in [6, 6.07) is 9.52. The van der Waals surface area contributed by atoms with E-state index in [1.54, 1.807) is 0 Å². The maximum Gasteiger partial charge on any atom is 0.143 e. The van der Waals surface area contributed by atoms with E-state index in [1.807, 2.05) is 37.3 Å². The second kappa shape index (κ2) is 4.31. The number of benzene rings is 1. The molecule has 0 fully saturated rings. The Bertz CT molecular complexity index is 688. The fourth-order valence-electron chi connectivity index (χ4n) is 1.84. The lowest BCUT2D eigenvalue weighted by Crippen LogP contribution is -1.94. The average Bonchev–Trinajstić information content (AvgIpc) is 2.73. The summed E-state index contributed by atoms with van der Waals surface area (Å²) in [5.74, 6) is 0.784. The first-order valence-electron chi connectivity index (χ1n) is 5.55. The van der Waals surface area contributed by atoms with E-state index in [0.29, 0.717) is 5.02 Å². The van der Waals surface area contributed by atoms with E-state index in [0.717, 1.165) is 28.2 Å². The Morgan fingerprint density at radius 2 is 1.94 bits per heavy atom. The number of hydrogen-bond donors (Lipinski definition) is 2. The maximum atomic E-state index is 5.85. The van der Waals surface area contributed by atoms with Gasteiger partial charge in [0.25, 0.3) is 0 Å². The van der Waals surface area contributed by atoms with E-state index in [9.17, 15) is 0 Å². The molecule has 0 saturated heterocycles. The topological polar surface area (TPSA) is 53.6 Å². The maximum absolute atomic E-state index is 5.85. The Kier molecular flexibility index (Phi) is 2.64. The first kappa shape index (κ1) is 11.0. The van der Waals surface area contributed by atoms with Crippen LogP contribution in [0.2, 0.25) is 5.02 Å². The minimum atomic E-state index is 0.714. The molecule has 0 atom stereocenters. The minimum Gasteiger partial charge on any atom is -0.343 e. The highest BCUT2D eigenvalue weighted by Crippen LogP contribution is 2.24. The number of aryl methyl sites for hydroxylation is 1. The van der Waals surface area contributed by atoms with Gasteiger partial charge in [0.1, 0.15) is 17.8 Å². The number of fused-ring (bicyclic) bond motifs is 1. The average molecular weight is 259 g/mol. The quantitative estimate of drug-likeness (QED) is 0.737. The van der Waals surface area contributed by atoms with E-state index in [2.05, 4.69) is 20.3 Å². The molecule has 3 aromatic rings. The molecule has 90 valence electrons. The Morgan fingerprint density at radius 1 is 1.17 bits per heavy atom. The highest BCUT2D eigenvalue weighted by atomic mass is 35.5. The van der Waals surface area contributed by atoms with Crippen LogP contribution in [0.3, 0.4) is 0 Å². The molecular weight excluding hydrogens is 248 g/mol. The fourth-order valence-corrected chi connectivity index (χ4v) is 1.97. The predicted octanol–water partition coefficient (Wildman–Crippen LogP) is 3.66. The van der Waals surface area contributed by atoms with Crippen molar-refractivity contribution < 1.29 is 0 Å². The number of rotatable bonds is 2. The summed E-state index contributed by atoms with van der Waals surface area (Å²) in [7, 11) is 0. The Hall–Kier alpha value is -2.07. The van der Waals surface area contributed by atoms with Crippen LogP contribution in [0.25, 0.3) is 11.0 Å². The molecule has 0 amide bonds. The van der Waals surface area contributed by atoms with Crippen LogP contribution in [0.4, 0.5) is 11.5 Å². The molecule has 0 radical (unpaired) electrons. The minimum absolute atomic E-state index is 0.714. The van der Waals surface area contributed by atoms with Crippen LogP contribution in [0.5, 0.6) is 0 Å². The second-order valence-electron chi connectivity index (χ2n) is 4.07. The third-order valence-corrected chi connectivity index (χ3v) is 2.92. The molecule has 0 bridgehead atoms. The molecule has 1 aromatic carbocycles. The molecule has 18 heavy (non-hydrogen) atoms. The van der Waals surface area contributed by atoms with Gasteiger partial charge in [0.2, 0.25) is 0 Å². The van der Waals surface area contributed by atoms with Crippen molar-refractivity contribution in [1.29, 1.82) is 0 Å². The number of halogens is 1. The molecule has 2 N–H and O–H groups in total. The molecule has 0 unspecified atom stereocenters. The lowest BCUT2D eigenvalue weighted by Gasteiger charge is -2.05. The molecule has 2 aromatic heterocycles. The summed E-state index contributed by atoms with van der Waals surface area (Å²) in [6.45, 7) is 1.99. The summed E-state index contributed by atoms with van der Waals surface area (Å²) >= 11 is 5.85. The summed E-state index contributed by atoms with van der Waals surface area (Å²) in [5, 5.41) is 4.95. The number of nitrogens with zero attached hydrogens (tertiary/aromatic N) is 2. The van der Waals surface area contributed by atoms with Crippen molar-refractivity contribution in [1.82, 2.24) is 15.0 Å². The zero-order valence-corrected chi connectivity index (χ0v) is 10.5. The third-order valence-electron chi connectivity index (χ3n) is 2.67. The van der Waals surface area contributed by atoms with Crippen LogP contribution in [0, 0.1) is 6.92 Å². The van der Waals surface area contributed by atoms with E-state index in [4.69, 9.17) is 11.6 Å². The molecule has 0 spiro atoms. The van der Waals surface area contributed by atoms with Gasteiger partial charge in [0.05, 0.1) is 5.39 Å². The summed E-state index contributed by atoms with van der Waals surface area (Å²) in [6.07, 6.45) is 1.54. The van der Waals surface area contributed by atoms with Crippen molar-refractivity contribution in [3.05, 3.63) is 47.4 Å². The molecule has 4 nitrogen and oxygen atoms in total. The van der Waals surface area contributed by atoms with Gasteiger partial charge in [-0.15, -0.1) is 0 Å². The first-order chi connectivity index (χ1) is 8.72. The standard InChI is InChI=1S/C13H11ClN4/c1-8-6-11-12(17-8)15-7-16-13(11)18-10-4-2-9(14)3-5-10/h2-7H,1H3,(H2,15,16,17,18). The summed E-state index contributed by atoms with van der Waals surface area (Å²) in [5.41, 5.74) is 2.84. The fraction of sp³-hybridized carbons (Fsp3) is 0.0769. The van der Waals surface area contributed by atoms with Crippen LogP contribution < -0.4 is 5.32 Å². The number of anilines is 2. The van der Waals surface area contributed by atoms with Crippen LogP contribution in [-0.4, -0.2) is 15.0 Å². The van der Waals surface area contributed by atoms with Gasteiger partial charge in [0, 0.05) is 16.4 Å². The summed E-state index contributed by atoms with van der Waals surface area (Å²) < 4.78 is 0. The van der Waals surface area contributed by atoms with Crippen LogP contribution in [-0.2, 0) is 0 Å². The van der Waals surface area contributed by atoms with Gasteiger partial charge in [-0.2, -0.15) is 0 Å². The van der Waals surface area contributed by atoms with Crippen molar-refractivity contribution in [3.8, 4) is 0 Å². The zero-order chi connectivity index (χ0) is 12.5. The van der Waals surface area contributed by atoms with Gasteiger partial charge >= 0.3 is 0 Å². The Labute approximate surface area is 109 Å². The Balaban J connectivity index is 2.01. The molecule has 3 rings (SSSR count). The lowest BCUT2D eigenvalue weighted by molar-refractivity contribution is 1.18. The van der Waals surface area contributed by atoms with Gasteiger partial charge in [-0.1, -0.05) is 11.6 Å². The van der Waals surface area contributed by atoms with E-state index in [1.165, 1.54) is 6.33 Å². The smallest absolute Gasteiger partial charge is 0.143 e. The Morgan fingerprint density at radius 3 is 2.72 bits per heavy atom. The number of aromatic amines is 1. The predicted molar refractivity (Wildman–Crippen MR) is 73.4 cm³/mol. The van der Waals surface area contributed by atoms with Crippen molar-refractivity contribution in [2.45, 2.75) is 6.92 Å². The molecule has 0 saturated carbocycles. The zero-order valence-electron chi connectivity index (χ0n) is 9.74. The molecular formula is C13H11ClN4.